The molecule has 6 heteroatoms. The Labute approximate surface area is 115 Å². The van der Waals surface area contributed by atoms with Crippen molar-refractivity contribution in [2.45, 2.75) is 13.0 Å². The maximum Gasteiger partial charge on any atom is 0.307 e. The van der Waals surface area contributed by atoms with Gasteiger partial charge in [-0.15, -0.1) is 0 Å². The molecule has 0 spiro atoms. The number of imidazole rings is 1. The smallest absolute Gasteiger partial charge is 0.307 e. The van der Waals surface area contributed by atoms with E-state index in [1.807, 2.05) is 7.05 Å². The van der Waals surface area contributed by atoms with Crippen molar-refractivity contribution < 1.29 is 14.6 Å². The van der Waals surface area contributed by atoms with Crippen LogP contribution in [-0.4, -0.2) is 20.6 Å². The maximum absolute atomic E-state index is 10.5. The predicted molar refractivity (Wildman–Crippen MR) is 70.3 cm³/mol. The molecule has 1 heterocycles. The summed E-state index contributed by atoms with van der Waals surface area (Å²) in [5.74, 6) is 0.532. The van der Waals surface area contributed by atoms with Crippen LogP contribution in [0, 0.1) is 0 Å². The summed E-state index contributed by atoms with van der Waals surface area (Å²) in [4.78, 5) is 14.7. The average molecular weight is 281 g/mol. The van der Waals surface area contributed by atoms with Crippen molar-refractivity contribution in [2.24, 2.45) is 7.05 Å². The number of halogens is 1. The fourth-order valence-corrected chi connectivity index (χ4v) is 1.73. The van der Waals surface area contributed by atoms with Crippen LogP contribution in [0.2, 0.25) is 5.15 Å². The molecule has 1 N–H and O–H groups in total. The van der Waals surface area contributed by atoms with Crippen molar-refractivity contribution >= 4 is 17.6 Å². The third kappa shape index (κ3) is 3.48. The van der Waals surface area contributed by atoms with Crippen molar-refractivity contribution in [3.05, 3.63) is 47.0 Å². The van der Waals surface area contributed by atoms with Gasteiger partial charge in [-0.05, 0) is 17.7 Å². The second kappa shape index (κ2) is 5.75. The first-order valence-electron chi connectivity index (χ1n) is 5.66. The summed E-state index contributed by atoms with van der Waals surface area (Å²) in [6.07, 6.45) is 1.57. The first-order valence-corrected chi connectivity index (χ1v) is 6.03. The van der Waals surface area contributed by atoms with Crippen LogP contribution in [0.4, 0.5) is 0 Å². The fourth-order valence-electron chi connectivity index (χ4n) is 1.58. The highest BCUT2D eigenvalue weighted by Gasteiger charge is 2.05. The van der Waals surface area contributed by atoms with Crippen molar-refractivity contribution in [1.82, 2.24) is 9.55 Å². The molecule has 0 atom stereocenters. The Morgan fingerprint density at radius 3 is 2.63 bits per heavy atom. The lowest BCUT2D eigenvalue weighted by molar-refractivity contribution is -0.136. The summed E-state index contributed by atoms with van der Waals surface area (Å²) < 4.78 is 7.29. The van der Waals surface area contributed by atoms with E-state index in [-0.39, 0.29) is 6.42 Å². The van der Waals surface area contributed by atoms with Gasteiger partial charge in [-0.3, -0.25) is 4.79 Å². The number of hydrogen-bond acceptors (Lipinski definition) is 3. The standard InChI is InChI=1S/C13H13ClN2O3/c1-16-11(14)7-15-12(16)8-19-10-4-2-9(3-5-10)6-13(17)18/h2-5,7H,6,8H2,1H3,(H,17,18). The number of hydrogen-bond donors (Lipinski definition) is 1. The molecule has 0 saturated heterocycles. The van der Waals surface area contributed by atoms with Crippen LogP contribution in [0.3, 0.4) is 0 Å². The van der Waals surface area contributed by atoms with Crippen LogP contribution < -0.4 is 4.74 Å². The van der Waals surface area contributed by atoms with Gasteiger partial charge in [0, 0.05) is 7.05 Å². The van der Waals surface area contributed by atoms with Crippen LogP contribution in [-0.2, 0) is 24.9 Å². The van der Waals surface area contributed by atoms with E-state index in [9.17, 15) is 4.79 Å². The third-order valence-electron chi connectivity index (χ3n) is 2.67. The average Bonchev–Trinajstić information content (AvgIpc) is 2.69. The predicted octanol–water partition coefficient (Wildman–Crippen LogP) is 2.28. The molecule has 0 aliphatic carbocycles. The molecule has 0 fully saturated rings. The molecular weight excluding hydrogens is 268 g/mol. The van der Waals surface area contributed by atoms with E-state index in [1.165, 1.54) is 0 Å². The Bertz CT molecular complexity index is 578. The Hall–Kier alpha value is -2.01. The monoisotopic (exact) mass is 280 g/mol. The summed E-state index contributed by atoms with van der Waals surface area (Å²) in [6.45, 7) is 0.307. The SMILES string of the molecule is Cn1c(Cl)cnc1COc1ccc(CC(=O)O)cc1. The molecular formula is C13H13ClN2O3. The molecule has 0 unspecified atom stereocenters. The largest absolute Gasteiger partial charge is 0.486 e. The normalized spacial score (nSPS) is 10.4. The number of carbonyl (C=O) groups is 1. The van der Waals surface area contributed by atoms with Gasteiger partial charge in [0.1, 0.15) is 23.3 Å². The van der Waals surface area contributed by atoms with Crippen molar-refractivity contribution in [3.8, 4) is 5.75 Å². The fraction of sp³-hybridized carbons (Fsp3) is 0.231. The number of benzene rings is 1. The molecule has 2 rings (SSSR count). The van der Waals surface area contributed by atoms with Gasteiger partial charge >= 0.3 is 5.97 Å². The van der Waals surface area contributed by atoms with Crippen LogP contribution in [0.25, 0.3) is 0 Å². The second-order valence-corrected chi connectivity index (χ2v) is 4.45. The highest BCUT2D eigenvalue weighted by molar-refractivity contribution is 6.29. The Kier molecular flexibility index (Phi) is 4.06. The molecule has 0 radical (unpaired) electrons. The summed E-state index contributed by atoms with van der Waals surface area (Å²) in [5.41, 5.74) is 0.736. The van der Waals surface area contributed by atoms with Gasteiger partial charge in [-0.25, -0.2) is 4.98 Å². The molecule has 0 aliphatic rings. The Morgan fingerprint density at radius 1 is 1.42 bits per heavy atom. The molecule has 2 aromatic rings. The molecule has 0 bridgehead atoms. The minimum Gasteiger partial charge on any atom is -0.486 e. The van der Waals surface area contributed by atoms with E-state index >= 15 is 0 Å². The summed E-state index contributed by atoms with van der Waals surface area (Å²) in [5, 5.41) is 9.22. The van der Waals surface area contributed by atoms with E-state index in [0.717, 1.165) is 11.4 Å². The number of nitrogens with zero attached hydrogens (tertiary/aromatic N) is 2. The molecule has 1 aromatic carbocycles. The van der Waals surface area contributed by atoms with Gasteiger partial charge in [0.2, 0.25) is 0 Å². The highest BCUT2D eigenvalue weighted by Crippen LogP contribution is 2.15. The number of aromatic nitrogens is 2. The number of ether oxygens (including phenoxy) is 1. The molecule has 1 aromatic heterocycles. The second-order valence-electron chi connectivity index (χ2n) is 4.06. The topological polar surface area (TPSA) is 64.4 Å². The lowest BCUT2D eigenvalue weighted by atomic mass is 10.1. The molecule has 0 saturated carbocycles. The van der Waals surface area contributed by atoms with Gasteiger partial charge in [0.05, 0.1) is 12.6 Å². The molecule has 100 valence electrons. The zero-order valence-electron chi connectivity index (χ0n) is 10.3. The summed E-state index contributed by atoms with van der Waals surface area (Å²) in [6, 6.07) is 6.94. The van der Waals surface area contributed by atoms with E-state index in [2.05, 4.69) is 4.98 Å². The first kappa shape index (κ1) is 13.4. The van der Waals surface area contributed by atoms with Gasteiger partial charge in [0.15, 0.2) is 0 Å². The first-order chi connectivity index (χ1) is 9.06. The van der Waals surface area contributed by atoms with E-state index in [0.29, 0.717) is 17.5 Å². The van der Waals surface area contributed by atoms with E-state index in [1.54, 1.807) is 35.0 Å². The van der Waals surface area contributed by atoms with Gasteiger partial charge in [-0.1, -0.05) is 23.7 Å². The number of carboxylic acids is 1. The minimum atomic E-state index is -0.851. The van der Waals surface area contributed by atoms with Crippen LogP contribution >= 0.6 is 11.6 Å². The van der Waals surface area contributed by atoms with Crippen LogP contribution in [0.1, 0.15) is 11.4 Å². The lowest BCUT2D eigenvalue weighted by Crippen LogP contribution is -2.04. The molecule has 0 aliphatic heterocycles. The van der Waals surface area contributed by atoms with Crippen molar-refractivity contribution in [1.29, 1.82) is 0 Å². The van der Waals surface area contributed by atoms with Gasteiger partial charge in [-0.2, -0.15) is 0 Å². The van der Waals surface area contributed by atoms with E-state index < -0.39 is 5.97 Å². The van der Waals surface area contributed by atoms with E-state index in [4.69, 9.17) is 21.4 Å². The van der Waals surface area contributed by atoms with Crippen molar-refractivity contribution in [3.63, 3.8) is 0 Å². The van der Waals surface area contributed by atoms with Crippen LogP contribution in [0.15, 0.2) is 30.5 Å². The number of carboxylic acid groups (broad SMARTS) is 1. The van der Waals surface area contributed by atoms with Crippen molar-refractivity contribution in [2.75, 3.05) is 0 Å². The summed E-state index contributed by atoms with van der Waals surface area (Å²) in [7, 11) is 1.81. The maximum atomic E-state index is 10.5. The van der Waals surface area contributed by atoms with Crippen LogP contribution in [0.5, 0.6) is 5.75 Å². The Morgan fingerprint density at radius 2 is 2.11 bits per heavy atom. The highest BCUT2D eigenvalue weighted by atomic mass is 35.5. The third-order valence-corrected chi connectivity index (χ3v) is 3.03. The van der Waals surface area contributed by atoms with Gasteiger partial charge in [0.25, 0.3) is 0 Å². The zero-order valence-corrected chi connectivity index (χ0v) is 11.1. The number of aliphatic carboxylic acids is 1. The Balaban J connectivity index is 1.96. The number of rotatable bonds is 5. The molecule has 0 amide bonds. The zero-order chi connectivity index (χ0) is 13.8. The quantitative estimate of drug-likeness (QED) is 0.912. The lowest BCUT2D eigenvalue weighted by Gasteiger charge is -2.07. The van der Waals surface area contributed by atoms with Gasteiger partial charge < -0.3 is 14.4 Å². The molecule has 5 nitrogen and oxygen atoms in total. The molecule has 19 heavy (non-hydrogen) atoms. The summed E-state index contributed by atoms with van der Waals surface area (Å²) >= 11 is 5.87. The minimum absolute atomic E-state index is 0.00918.